The molecular formula is C15H14N4O5S. The monoisotopic (exact) mass is 362 g/mol. The lowest BCUT2D eigenvalue weighted by atomic mass is 10.2. The number of fused-ring (bicyclic) bond motifs is 1. The fraction of sp³-hybridized carbons (Fsp3) is 0.267. The lowest BCUT2D eigenvalue weighted by molar-refractivity contribution is -0.384. The molecule has 2 amide bonds. The molecule has 9 nitrogen and oxygen atoms in total. The average Bonchev–Trinajstić information content (AvgIpc) is 3.02. The van der Waals surface area contributed by atoms with Gasteiger partial charge in [-0.05, 0) is 12.1 Å². The maximum Gasteiger partial charge on any atom is 0.409 e. The molecule has 1 aromatic heterocycles. The highest BCUT2D eigenvalue weighted by molar-refractivity contribution is 7.15. The van der Waals surface area contributed by atoms with Gasteiger partial charge in [-0.1, -0.05) is 11.3 Å². The first-order valence-corrected chi connectivity index (χ1v) is 8.17. The number of aromatic nitrogens is 1. The van der Waals surface area contributed by atoms with Crippen LogP contribution in [0.1, 0.15) is 20.9 Å². The number of thiazole rings is 1. The van der Waals surface area contributed by atoms with E-state index < -0.39 is 16.9 Å². The normalized spacial score (nSPS) is 13.1. The van der Waals surface area contributed by atoms with E-state index in [-0.39, 0.29) is 5.69 Å². The number of rotatable bonds is 3. The van der Waals surface area contributed by atoms with Crippen molar-refractivity contribution < 1.29 is 19.2 Å². The van der Waals surface area contributed by atoms with E-state index in [0.717, 1.165) is 10.6 Å². The summed E-state index contributed by atoms with van der Waals surface area (Å²) in [7, 11) is 1.33. The first-order chi connectivity index (χ1) is 12.0. The standard InChI is InChI=1S/C15H14N4O5S/c1-24-15(21)18-7-6-11-12(8-18)25-14(16-11)17-13(20)9-2-4-10(5-3-9)19(22)23/h2-5H,6-8H2,1H3,(H,16,17,20). The van der Waals surface area contributed by atoms with Crippen molar-refractivity contribution in [2.24, 2.45) is 0 Å². The molecule has 130 valence electrons. The highest BCUT2D eigenvalue weighted by Crippen LogP contribution is 2.29. The average molecular weight is 362 g/mol. The zero-order valence-electron chi connectivity index (χ0n) is 13.2. The number of nitrogens with one attached hydrogen (secondary N) is 1. The number of anilines is 1. The molecule has 10 heteroatoms. The van der Waals surface area contributed by atoms with Crippen molar-refractivity contribution in [3.63, 3.8) is 0 Å². The van der Waals surface area contributed by atoms with Crippen molar-refractivity contribution in [1.29, 1.82) is 0 Å². The van der Waals surface area contributed by atoms with Gasteiger partial charge in [0.05, 0.1) is 24.3 Å². The molecule has 0 bridgehead atoms. The van der Waals surface area contributed by atoms with Crippen LogP contribution in [0.3, 0.4) is 0 Å². The van der Waals surface area contributed by atoms with Crippen molar-refractivity contribution in [2.75, 3.05) is 19.0 Å². The number of hydrogen-bond donors (Lipinski definition) is 1. The number of carbonyl (C=O) groups excluding carboxylic acids is 2. The largest absolute Gasteiger partial charge is 0.453 e. The Morgan fingerprint density at radius 2 is 2.08 bits per heavy atom. The zero-order chi connectivity index (χ0) is 18.0. The number of non-ortho nitro benzene ring substituents is 1. The Morgan fingerprint density at radius 1 is 1.36 bits per heavy atom. The van der Waals surface area contributed by atoms with Crippen LogP contribution in [0.5, 0.6) is 0 Å². The Hall–Kier alpha value is -3.01. The van der Waals surface area contributed by atoms with E-state index in [1.165, 1.54) is 42.7 Å². The van der Waals surface area contributed by atoms with Gasteiger partial charge >= 0.3 is 6.09 Å². The van der Waals surface area contributed by atoms with E-state index in [4.69, 9.17) is 4.74 Å². The van der Waals surface area contributed by atoms with E-state index in [0.29, 0.717) is 30.2 Å². The quantitative estimate of drug-likeness (QED) is 0.662. The van der Waals surface area contributed by atoms with Crippen LogP contribution in [0.15, 0.2) is 24.3 Å². The first-order valence-electron chi connectivity index (χ1n) is 7.35. The van der Waals surface area contributed by atoms with Crippen molar-refractivity contribution in [3.05, 3.63) is 50.5 Å². The molecule has 25 heavy (non-hydrogen) atoms. The van der Waals surface area contributed by atoms with Gasteiger partial charge < -0.3 is 9.64 Å². The number of nitro groups is 1. The molecule has 0 saturated carbocycles. The van der Waals surface area contributed by atoms with Gasteiger partial charge in [0, 0.05) is 35.5 Å². The Kier molecular flexibility index (Phi) is 4.61. The van der Waals surface area contributed by atoms with Crippen LogP contribution in [-0.4, -0.2) is 40.5 Å². The lowest BCUT2D eigenvalue weighted by Gasteiger charge is -2.24. The Labute approximate surface area is 146 Å². The molecule has 0 atom stereocenters. The van der Waals surface area contributed by atoms with Gasteiger partial charge in [-0.3, -0.25) is 20.2 Å². The summed E-state index contributed by atoms with van der Waals surface area (Å²) in [5.41, 5.74) is 1.07. The van der Waals surface area contributed by atoms with Crippen LogP contribution in [-0.2, 0) is 17.7 Å². The Balaban J connectivity index is 1.70. The summed E-state index contributed by atoms with van der Waals surface area (Å²) in [5, 5.41) is 13.8. The highest BCUT2D eigenvalue weighted by atomic mass is 32.1. The molecule has 1 N–H and O–H groups in total. The molecule has 0 unspecified atom stereocenters. The second-order valence-electron chi connectivity index (χ2n) is 5.29. The summed E-state index contributed by atoms with van der Waals surface area (Å²) in [4.78, 5) is 40.8. The van der Waals surface area contributed by atoms with Crippen molar-refractivity contribution in [2.45, 2.75) is 13.0 Å². The van der Waals surface area contributed by atoms with Crippen molar-refractivity contribution >= 4 is 34.2 Å². The van der Waals surface area contributed by atoms with E-state index in [1.807, 2.05) is 0 Å². The lowest BCUT2D eigenvalue weighted by Crippen LogP contribution is -2.35. The molecule has 0 aliphatic carbocycles. The predicted molar refractivity (Wildman–Crippen MR) is 89.7 cm³/mol. The van der Waals surface area contributed by atoms with Gasteiger partial charge in [0.25, 0.3) is 11.6 Å². The molecule has 0 saturated heterocycles. The van der Waals surface area contributed by atoms with E-state index in [9.17, 15) is 19.7 Å². The van der Waals surface area contributed by atoms with E-state index >= 15 is 0 Å². The van der Waals surface area contributed by atoms with Crippen LogP contribution in [0.4, 0.5) is 15.6 Å². The summed E-state index contributed by atoms with van der Waals surface area (Å²) in [6, 6.07) is 5.33. The number of amides is 2. The molecule has 3 rings (SSSR count). The highest BCUT2D eigenvalue weighted by Gasteiger charge is 2.25. The molecule has 0 spiro atoms. The number of carbonyl (C=O) groups is 2. The minimum Gasteiger partial charge on any atom is -0.453 e. The van der Waals surface area contributed by atoms with Crippen LogP contribution < -0.4 is 5.32 Å². The molecule has 1 aliphatic rings. The van der Waals surface area contributed by atoms with Crippen molar-refractivity contribution in [1.82, 2.24) is 9.88 Å². The second-order valence-corrected chi connectivity index (χ2v) is 6.37. The van der Waals surface area contributed by atoms with Gasteiger partial charge in [0.15, 0.2) is 5.13 Å². The third-order valence-corrected chi connectivity index (χ3v) is 4.72. The van der Waals surface area contributed by atoms with Gasteiger partial charge in [0.2, 0.25) is 0 Å². The van der Waals surface area contributed by atoms with Gasteiger partial charge in [-0.25, -0.2) is 9.78 Å². The molecule has 1 aromatic carbocycles. The fourth-order valence-corrected chi connectivity index (χ4v) is 3.46. The van der Waals surface area contributed by atoms with Gasteiger partial charge in [-0.15, -0.1) is 0 Å². The van der Waals surface area contributed by atoms with Gasteiger partial charge in [-0.2, -0.15) is 0 Å². The number of ether oxygens (including phenoxy) is 1. The van der Waals surface area contributed by atoms with E-state index in [2.05, 4.69) is 10.3 Å². The molecular weight excluding hydrogens is 348 g/mol. The maximum atomic E-state index is 12.2. The summed E-state index contributed by atoms with van der Waals surface area (Å²) >= 11 is 1.30. The number of nitro benzene ring substituents is 1. The predicted octanol–water partition coefficient (Wildman–Crippen LogP) is 2.43. The molecule has 0 fully saturated rings. The number of nitrogens with zero attached hydrogens (tertiary/aromatic N) is 3. The van der Waals surface area contributed by atoms with E-state index in [1.54, 1.807) is 4.90 Å². The Morgan fingerprint density at radius 3 is 2.72 bits per heavy atom. The molecule has 1 aliphatic heterocycles. The number of benzene rings is 1. The second kappa shape index (κ2) is 6.85. The third kappa shape index (κ3) is 3.58. The smallest absolute Gasteiger partial charge is 0.409 e. The number of methoxy groups -OCH3 is 1. The van der Waals surface area contributed by atoms with Crippen LogP contribution in [0.2, 0.25) is 0 Å². The molecule has 2 aromatic rings. The van der Waals surface area contributed by atoms with Crippen molar-refractivity contribution in [3.8, 4) is 0 Å². The number of hydrogen-bond acceptors (Lipinski definition) is 7. The zero-order valence-corrected chi connectivity index (χ0v) is 14.0. The minimum atomic E-state index is -0.524. The summed E-state index contributed by atoms with van der Waals surface area (Å²) in [6.07, 6.45) is 0.199. The SMILES string of the molecule is COC(=O)N1CCc2nc(NC(=O)c3ccc([N+](=O)[O-])cc3)sc2C1. The summed E-state index contributed by atoms with van der Waals surface area (Å²) in [5.74, 6) is -0.397. The summed E-state index contributed by atoms with van der Waals surface area (Å²) in [6.45, 7) is 0.909. The van der Waals surface area contributed by atoms with Crippen LogP contribution in [0, 0.1) is 10.1 Å². The first kappa shape index (κ1) is 16.8. The van der Waals surface area contributed by atoms with Gasteiger partial charge in [0.1, 0.15) is 0 Å². The fourth-order valence-electron chi connectivity index (χ4n) is 2.44. The van der Waals surface area contributed by atoms with Crippen LogP contribution in [0.25, 0.3) is 0 Å². The maximum absolute atomic E-state index is 12.2. The topological polar surface area (TPSA) is 115 Å². The minimum absolute atomic E-state index is 0.0795. The molecule has 0 radical (unpaired) electrons. The third-order valence-electron chi connectivity index (χ3n) is 3.72. The Bertz CT molecular complexity index is 833. The van der Waals surface area contributed by atoms with Crippen LogP contribution >= 0.6 is 11.3 Å². The summed E-state index contributed by atoms with van der Waals surface area (Å²) < 4.78 is 4.71. The molecule has 2 heterocycles.